The third-order valence-corrected chi connectivity index (χ3v) is 13.9. The Morgan fingerprint density at radius 1 is 0.767 bits per heavy atom. The fraction of sp³-hybridized carbons (Fsp3) is 0.953. The zero-order chi connectivity index (χ0) is 45.4. The van der Waals surface area contributed by atoms with Gasteiger partial charge in [0.15, 0.2) is 18.9 Å². The number of hydrogen-bond donors (Lipinski definition) is 6. The third kappa shape index (κ3) is 10.9. The summed E-state index contributed by atoms with van der Waals surface area (Å²) in [5, 5.41) is 67.8. The van der Waals surface area contributed by atoms with Gasteiger partial charge in [0.2, 0.25) is 0 Å². The van der Waals surface area contributed by atoms with E-state index in [-0.39, 0.29) is 37.8 Å². The number of nitrogens with zero attached hydrogens (tertiary/aromatic N) is 1. The molecular weight excluding hydrogens is 786 g/mol. The SMILES string of the molecule is CC[C@H]1OC(=O)[C@H](C)[C@@H](OC2C[C@@](C)(OC)[C@@H](O)[C@H](C)O2)[C@H](C)[C@@H](OC2O[C@H](C)C[C@H](N(C)C)[C@H]2O)[C@](C)(OC2C[C@@H](O)[C@H](O)[C@H](C)O2)C[C@@H](C)C(=O)[C@H](C)[C@@H](O)[C@]1(C)O. The lowest BCUT2D eigenvalue weighted by Gasteiger charge is -2.51. The molecule has 6 N–H and O–H groups in total. The molecular formula is C43H77NO16. The van der Waals surface area contributed by atoms with Gasteiger partial charge in [0.1, 0.15) is 35.8 Å². The molecule has 17 heteroatoms. The van der Waals surface area contributed by atoms with Crippen LogP contribution in [0.25, 0.3) is 0 Å². The number of aliphatic hydroxyl groups excluding tert-OH is 5. The van der Waals surface area contributed by atoms with Crippen LogP contribution in [0, 0.1) is 23.7 Å². The van der Waals surface area contributed by atoms with Crippen molar-refractivity contribution < 1.29 is 78.1 Å². The molecule has 4 rings (SSSR count). The molecule has 4 aliphatic rings. The van der Waals surface area contributed by atoms with Crippen LogP contribution in [0.15, 0.2) is 0 Å². The maximum absolute atomic E-state index is 14.5. The fourth-order valence-corrected chi connectivity index (χ4v) is 9.90. The average Bonchev–Trinajstić information content (AvgIpc) is 3.17. The Morgan fingerprint density at radius 3 is 1.95 bits per heavy atom. The number of Topliss-reactive ketones (excluding diaryl/α,β-unsaturated/α-hetero) is 1. The molecule has 0 spiro atoms. The minimum atomic E-state index is -2.05. The van der Waals surface area contributed by atoms with Gasteiger partial charge in [-0.2, -0.15) is 0 Å². The maximum Gasteiger partial charge on any atom is 0.311 e. The van der Waals surface area contributed by atoms with Crippen LogP contribution in [0.4, 0.5) is 0 Å². The molecule has 0 aliphatic carbocycles. The molecule has 22 atom stereocenters. The molecule has 0 amide bonds. The first-order valence-corrected chi connectivity index (χ1v) is 21.8. The van der Waals surface area contributed by atoms with Crippen molar-refractivity contribution in [2.24, 2.45) is 23.7 Å². The number of ether oxygens (including phenoxy) is 8. The van der Waals surface area contributed by atoms with Crippen molar-refractivity contribution in [3.63, 3.8) is 0 Å². The second-order valence-electron chi connectivity index (χ2n) is 19.1. The summed E-state index contributed by atoms with van der Waals surface area (Å²) in [4.78, 5) is 30.7. The Kier molecular flexibility index (Phi) is 17.2. The highest BCUT2D eigenvalue weighted by molar-refractivity contribution is 5.83. The molecule has 0 aromatic heterocycles. The van der Waals surface area contributed by atoms with E-state index in [0.29, 0.717) is 6.42 Å². The van der Waals surface area contributed by atoms with Gasteiger partial charge in [0.25, 0.3) is 0 Å². The molecule has 60 heavy (non-hydrogen) atoms. The van der Waals surface area contributed by atoms with Crippen LogP contribution in [0.2, 0.25) is 0 Å². The van der Waals surface area contributed by atoms with Crippen LogP contribution in [0.3, 0.4) is 0 Å². The number of rotatable bonds is 9. The predicted molar refractivity (Wildman–Crippen MR) is 216 cm³/mol. The van der Waals surface area contributed by atoms with Crippen molar-refractivity contribution in [2.45, 2.75) is 217 Å². The third-order valence-electron chi connectivity index (χ3n) is 13.9. The smallest absolute Gasteiger partial charge is 0.311 e. The van der Waals surface area contributed by atoms with Gasteiger partial charge in [0, 0.05) is 43.7 Å². The first-order valence-electron chi connectivity index (χ1n) is 21.8. The molecule has 0 aromatic carbocycles. The number of aliphatic hydroxyl groups is 6. The normalized spacial score (nSPS) is 50.6. The molecule has 0 bridgehead atoms. The molecule has 0 aromatic rings. The fourth-order valence-electron chi connectivity index (χ4n) is 9.90. The number of hydrogen-bond acceptors (Lipinski definition) is 17. The van der Waals surface area contributed by atoms with E-state index in [1.54, 1.807) is 55.4 Å². The Labute approximate surface area is 356 Å². The van der Waals surface area contributed by atoms with Crippen molar-refractivity contribution in [3.8, 4) is 0 Å². The van der Waals surface area contributed by atoms with E-state index in [1.807, 2.05) is 25.9 Å². The Hall–Kier alpha value is -1.42. The standard InChI is InChI=1S/C43H77NO16/c1-15-29-43(11,52)36(49)22(4)32(46)20(2)18-42(10,60-30-17-28(45)33(47)25(7)55-30)38(59-40-34(48)27(44(12)13)16-21(3)54-40)23(5)35(24(6)39(51)57-29)58-31-19-41(9,53-14)37(50)26(8)56-31/h20-31,33-38,40,45,47-50,52H,15-19H2,1-14H3/t20-,21-,22+,23+,24-,25+,26+,27+,28-,29-,30?,31?,33-,34-,35+,36-,37+,38-,40?,41-,42-,43-/m1/s1. The topological polar surface area (TPSA) is 233 Å². The van der Waals surface area contributed by atoms with Gasteiger partial charge in [-0.25, -0.2) is 0 Å². The first-order chi connectivity index (χ1) is 27.7. The van der Waals surface area contributed by atoms with E-state index in [9.17, 15) is 40.2 Å². The summed E-state index contributed by atoms with van der Waals surface area (Å²) in [6.45, 7) is 18.2. The number of carbonyl (C=O) groups excluding carboxylic acids is 2. The van der Waals surface area contributed by atoms with Gasteiger partial charge < -0.3 is 73.4 Å². The molecule has 0 radical (unpaired) electrons. The second kappa shape index (κ2) is 20.2. The van der Waals surface area contributed by atoms with Gasteiger partial charge in [-0.05, 0) is 81.8 Å². The predicted octanol–water partition coefficient (Wildman–Crippen LogP) is 1.67. The molecule has 4 heterocycles. The van der Waals surface area contributed by atoms with E-state index in [0.717, 1.165) is 0 Å². The van der Waals surface area contributed by atoms with Crippen molar-refractivity contribution in [2.75, 3.05) is 21.2 Å². The summed E-state index contributed by atoms with van der Waals surface area (Å²) in [6, 6.07) is -0.378. The summed E-state index contributed by atoms with van der Waals surface area (Å²) in [5.41, 5.74) is -4.74. The zero-order valence-electron chi connectivity index (χ0n) is 38.2. The molecule has 0 saturated carbocycles. The van der Waals surface area contributed by atoms with Gasteiger partial charge in [-0.1, -0.05) is 27.7 Å². The minimum Gasteiger partial charge on any atom is -0.459 e. The largest absolute Gasteiger partial charge is 0.459 e. The lowest BCUT2D eigenvalue weighted by molar-refractivity contribution is -0.342. The van der Waals surface area contributed by atoms with E-state index in [1.165, 1.54) is 21.0 Å². The zero-order valence-corrected chi connectivity index (χ0v) is 38.2. The monoisotopic (exact) mass is 864 g/mol. The highest BCUT2D eigenvalue weighted by Crippen LogP contribution is 2.43. The summed E-state index contributed by atoms with van der Waals surface area (Å²) in [5.74, 6) is -5.23. The van der Waals surface area contributed by atoms with E-state index >= 15 is 0 Å². The maximum atomic E-state index is 14.5. The van der Waals surface area contributed by atoms with Crippen LogP contribution in [0.5, 0.6) is 0 Å². The second-order valence-corrected chi connectivity index (χ2v) is 19.1. The van der Waals surface area contributed by atoms with E-state index in [2.05, 4.69) is 0 Å². The van der Waals surface area contributed by atoms with Crippen LogP contribution >= 0.6 is 0 Å². The number of carbonyl (C=O) groups is 2. The van der Waals surface area contributed by atoms with Crippen molar-refractivity contribution in [1.29, 1.82) is 0 Å². The summed E-state index contributed by atoms with van der Waals surface area (Å²) >= 11 is 0. The molecule has 350 valence electrons. The molecule has 17 nitrogen and oxygen atoms in total. The number of likely N-dealkylation sites (N-methyl/N-ethyl adjacent to an activating group) is 1. The van der Waals surface area contributed by atoms with Gasteiger partial charge in [-0.3, -0.25) is 9.59 Å². The Balaban J connectivity index is 1.96. The summed E-state index contributed by atoms with van der Waals surface area (Å²) in [6.07, 6.45) is -14.7. The van der Waals surface area contributed by atoms with Crippen LogP contribution in [-0.2, 0) is 47.5 Å². The summed E-state index contributed by atoms with van der Waals surface area (Å²) < 4.78 is 51.1. The van der Waals surface area contributed by atoms with Crippen LogP contribution in [-0.4, -0.2) is 177 Å². The average molecular weight is 864 g/mol. The molecule has 4 fully saturated rings. The van der Waals surface area contributed by atoms with Gasteiger partial charge >= 0.3 is 5.97 Å². The highest BCUT2D eigenvalue weighted by Gasteiger charge is 2.55. The quantitative estimate of drug-likeness (QED) is 0.181. The highest BCUT2D eigenvalue weighted by atomic mass is 16.7. The van der Waals surface area contributed by atoms with Crippen LogP contribution < -0.4 is 0 Å². The molecule has 4 aliphatic heterocycles. The molecule has 3 unspecified atom stereocenters. The van der Waals surface area contributed by atoms with Crippen LogP contribution in [0.1, 0.15) is 108 Å². The number of cyclic esters (lactones) is 1. The van der Waals surface area contributed by atoms with Gasteiger partial charge in [0.05, 0.1) is 59.8 Å². The minimum absolute atomic E-state index is 0.0572. The Morgan fingerprint density at radius 2 is 1.38 bits per heavy atom. The lowest BCUT2D eigenvalue weighted by atomic mass is 9.73. The van der Waals surface area contributed by atoms with E-state index in [4.69, 9.17) is 37.9 Å². The van der Waals surface area contributed by atoms with Crippen molar-refractivity contribution >= 4 is 11.8 Å². The molecule has 4 saturated heterocycles. The van der Waals surface area contributed by atoms with E-state index < -0.39 is 132 Å². The first kappa shape index (κ1) is 51.2. The number of esters is 1. The Bertz CT molecular complexity index is 1410. The number of methoxy groups -OCH3 is 1. The number of ketones is 1. The van der Waals surface area contributed by atoms with Gasteiger partial charge in [-0.15, -0.1) is 0 Å². The van der Waals surface area contributed by atoms with Crippen molar-refractivity contribution in [1.82, 2.24) is 4.90 Å². The van der Waals surface area contributed by atoms with Crippen molar-refractivity contribution in [3.05, 3.63) is 0 Å². The lowest BCUT2D eigenvalue weighted by Crippen LogP contribution is -2.62. The summed E-state index contributed by atoms with van der Waals surface area (Å²) in [7, 11) is 5.17.